The van der Waals surface area contributed by atoms with Crippen molar-refractivity contribution in [2.24, 2.45) is 0 Å². The number of nitro groups is 1. The van der Waals surface area contributed by atoms with E-state index in [1.165, 1.54) is 0 Å². The number of ether oxygens (including phenoxy) is 2. The van der Waals surface area contributed by atoms with E-state index < -0.39 is 22.4 Å². The summed E-state index contributed by atoms with van der Waals surface area (Å²) in [4.78, 5) is 21.9. The van der Waals surface area contributed by atoms with Gasteiger partial charge in [-0.2, -0.15) is 13.2 Å². The highest BCUT2D eigenvalue weighted by atomic mass is 19.4. The lowest BCUT2D eigenvalue weighted by Crippen LogP contribution is -2.29. The van der Waals surface area contributed by atoms with Crippen molar-refractivity contribution in [3.63, 3.8) is 0 Å². The van der Waals surface area contributed by atoms with Crippen LogP contribution in [0.25, 0.3) is 0 Å². The molecule has 0 saturated carbocycles. The lowest BCUT2D eigenvalue weighted by molar-refractivity contribution is -0.384. The van der Waals surface area contributed by atoms with Gasteiger partial charge in [-0.05, 0) is 36.4 Å². The van der Waals surface area contributed by atoms with Gasteiger partial charge in [0.15, 0.2) is 0 Å². The molecule has 0 spiro atoms. The van der Waals surface area contributed by atoms with Crippen LogP contribution in [0.3, 0.4) is 0 Å². The third kappa shape index (κ3) is 6.83. The first-order valence-electron chi connectivity index (χ1n) is 8.84. The van der Waals surface area contributed by atoms with Gasteiger partial charge in [0.25, 0.3) is 5.69 Å². The van der Waals surface area contributed by atoms with E-state index in [4.69, 9.17) is 9.47 Å². The lowest BCUT2D eigenvalue weighted by atomic mass is 10.1. The van der Waals surface area contributed by atoms with Gasteiger partial charge in [0, 0.05) is 19.0 Å². The second-order valence-electron chi connectivity index (χ2n) is 6.04. The van der Waals surface area contributed by atoms with Crippen LogP contribution >= 0.6 is 0 Å². The first kappa shape index (κ1) is 22.8. The van der Waals surface area contributed by atoms with E-state index in [0.29, 0.717) is 17.6 Å². The number of rotatable bonds is 10. The molecular weight excluding hydrogens is 407 g/mol. The molecule has 2 N–H and O–H groups in total. The summed E-state index contributed by atoms with van der Waals surface area (Å²) < 4.78 is 48.6. The minimum Gasteiger partial charge on any atom is -0.497 e. The molecule has 162 valence electrons. The van der Waals surface area contributed by atoms with Crippen LogP contribution in [0.1, 0.15) is 12.0 Å². The molecule has 30 heavy (non-hydrogen) atoms. The van der Waals surface area contributed by atoms with Gasteiger partial charge < -0.3 is 20.1 Å². The SMILES string of the molecule is COc1ccc(OCCNC(=O)CCNc2ccc(C(F)(F)F)cc2[N+](=O)[O-])cc1. The standard InChI is InChI=1S/C19H20F3N3O5/c1-29-14-3-5-15(6-4-14)30-11-10-24-18(26)8-9-23-16-7-2-13(19(20,21)22)12-17(16)25(27)28/h2-7,12,23H,8-11H2,1H3,(H,24,26). The summed E-state index contributed by atoms with van der Waals surface area (Å²) in [6.07, 6.45) is -4.71. The fraction of sp³-hybridized carbons (Fsp3) is 0.316. The largest absolute Gasteiger partial charge is 0.497 e. The van der Waals surface area contributed by atoms with Crippen LogP contribution in [0.2, 0.25) is 0 Å². The first-order chi connectivity index (χ1) is 14.2. The van der Waals surface area contributed by atoms with Gasteiger partial charge in [0.2, 0.25) is 5.91 Å². The van der Waals surface area contributed by atoms with E-state index in [0.717, 1.165) is 12.1 Å². The average Bonchev–Trinajstić information content (AvgIpc) is 2.71. The molecule has 2 aromatic rings. The number of nitrogens with zero attached hydrogens (tertiary/aromatic N) is 1. The third-order valence-electron chi connectivity index (χ3n) is 3.94. The van der Waals surface area contributed by atoms with Crippen LogP contribution in [0, 0.1) is 10.1 Å². The highest BCUT2D eigenvalue weighted by Crippen LogP contribution is 2.34. The number of nitrogens with one attached hydrogen (secondary N) is 2. The Morgan fingerprint density at radius 1 is 1.10 bits per heavy atom. The Morgan fingerprint density at radius 3 is 2.37 bits per heavy atom. The molecular formula is C19H20F3N3O5. The number of amides is 1. The summed E-state index contributed by atoms with van der Waals surface area (Å²) >= 11 is 0. The maximum absolute atomic E-state index is 12.7. The molecule has 0 aliphatic carbocycles. The highest BCUT2D eigenvalue weighted by Gasteiger charge is 2.33. The minimum atomic E-state index is -4.68. The molecule has 0 aromatic heterocycles. The molecule has 0 unspecified atom stereocenters. The van der Waals surface area contributed by atoms with Crippen molar-refractivity contribution < 1.29 is 32.4 Å². The van der Waals surface area contributed by atoms with Crippen LogP contribution in [-0.2, 0) is 11.0 Å². The molecule has 1 amide bonds. The summed E-state index contributed by atoms with van der Waals surface area (Å²) in [6, 6.07) is 9.09. The summed E-state index contributed by atoms with van der Waals surface area (Å²) in [5.74, 6) is 0.966. The Bertz CT molecular complexity index is 873. The van der Waals surface area contributed by atoms with Crippen molar-refractivity contribution in [3.8, 4) is 11.5 Å². The van der Waals surface area contributed by atoms with Gasteiger partial charge in [0.05, 0.1) is 24.1 Å². The zero-order chi connectivity index (χ0) is 22.1. The number of hydrogen-bond acceptors (Lipinski definition) is 6. The molecule has 2 aromatic carbocycles. The second-order valence-corrected chi connectivity index (χ2v) is 6.04. The number of hydrogen-bond donors (Lipinski definition) is 2. The highest BCUT2D eigenvalue weighted by molar-refractivity contribution is 5.76. The van der Waals surface area contributed by atoms with E-state index in [-0.39, 0.29) is 37.7 Å². The minimum absolute atomic E-state index is 0.0113. The quantitative estimate of drug-likeness (QED) is 0.341. The van der Waals surface area contributed by atoms with Gasteiger partial charge in [-0.25, -0.2) is 0 Å². The number of benzene rings is 2. The van der Waals surface area contributed by atoms with Crippen LogP contribution in [0.4, 0.5) is 24.5 Å². The number of nitro benzene ring substituents is 1. The number of methoxy groups -OCH3 is 1. The summed E-state index contributed by atoms with van der Waals surface area (Å²) in [5.41, 5.74) is -1.92. The molecule has 0 heterocycles. The molecule has 0 atom stereocenters. The van der Waals surface area contributed by atoms with E-state index >= 15 is 0 Å². The van der Waals surface area contributed by atoms with Gasteiger partial charge in [-0.15, -0.1) is 0 Å². The molecule has 0 bridgehead atoms. The maximum Gasteiger partial charge on any atom is 0.416 e. The second kappa shape index (κ2) is 10.3. The molecule has 2 rings (SSSR count). The maximum atomic E-state index is 12.7. The Balaban J connectivity index is 1.75. The average molecular weight is 427 g/mol. The van der Waals surface area contributed by atoms with Crippen LogP contribution < -0.4 is 20.1 Å². The number of carbonyl (C=O) groups is 1. The van der Waals surface area contributed by atoms with E-state index in [1.807, 2.05) is 0 Å². The molecule has 0 radical (unpaired) electrons. The number of alkyl halides is 3. The lowest BCUT2D eigenvalue weighted by Gasteiger charge is -2.11. The topological polar surface area (TPSA) is 103 Å². The van der Waals surface area contributed by atoms with Crippen molar-refractivity contribution in [2.45, 2.75) is 12.6 Å². The van der Waals surface area contributed by atoms with Gasteiger partial charge in [-0.1, -0.05) is 0 Å². The Hall–Kier alpha value is -3.50. The zero-order valence-electron chi connectivity index (χ0n) is 16.0. The molecule has 8 nitrogen and oxygen atoms in total. The number of halogens is 3. The Kier molecular flexibility index (Phi) is 7.84. The summed E-state index contributed by atoms with van der Waals surface area (Å²) in [7, 11) is 1.55. The Morgan fingerprint density at radius 2 is 1.77 bits per heavy atom. The predicted molar refractivity (Wildman–Crippen MR) is 103 cm³/mol. The molecule has 11 heteroatoms. The van der Waals surface area contributed by atoms with Crippen LogP contribution in [0.15, 0.2) is 42.5 Å². The van der Waals surface area contributed by atoms with Crippen molar-refractivity contribution in [1.82, 2.24) is 5.32 Å². The number of carbonyl (C=O) groups excluding carboxylic acids is 1. The van der Waals surface area contributed by atoms with Gasteiger partial charge in [0.1, 0.15) is 23.8 Å². The zero-order valence-corrected chi connectivity index (χ0v) is 16.0. The summed E-state index contributed by atoms with van der Waals surface area (Å²) in [5, 5.41) is 16.3. The van der Waals surface area contributed by atoms with Crippen LogP contribution in [0.5, 0.6) is 11.5 Å². The molecule has 0 aliphatic heterocycles. The van der Waals surface area contributed by atoms with Crippen molar-refractivity contribution in [3.05, 3.63) is 58.1 Å². The molecule has 0 saturated heterocycles. The Labute approximate surface area is 170 Å². The monoisotopic (exact) mass is 427 g/mol. The van der Waals surface area contributed by atoms with Crippen molar-refractivity contribution in [1.29, 1.82) is 0 Å². The van der Waals surface area contributed by atoms with Crippen molar-refractivity contribution >= 4 is 17.3 Å². The van der Waals surface area contributed by atoms with E-state index in [1.54, 1.807) is 31.4 Å². The first-order valence-corrected chi connectivity index (χ1v) is 8.84. The number of anilines is 1. The van der Waals surface area contributed by atoms with E-state index in [9.17, 15) is 28.1 Å². The molecule has 0 aliphatic rings. The van der Waals surface area contributed by atoms with Gasteiger partial charge in [-0.3, -0.25) is 14.9 Å². The van der Waals surface area contributed by atoms with Gasteiger partial charge >= 0.3 is 6.18 Å². The van der Waals surface area contributed by atoms with E-state index in [2.05, 4.69) is 10.6 Å². The smallest absolute Gasteiger partial charge is 0.416 e. The molecule has 0 fully saturated rings. The summed E-state index contributed by atoms with van der Waals surface area (Å²) in [6.45, 7) is 0.485. The normalized spacial score (nSPS) is 10.9. The van der Waals surface area contributed by atoms with Crippen molar-refractivity contribution in [2.75, 3.05) is 32.1 Å². The fourth-order valence-corrected chi connectivity index (χ4v) is 2.44. The predicted octanol–water partition coefficient (Wildman–Crippen LogP) is 3.62. The van der Waals surface area contributed by atoms with Crippen LogP contribution in [-0.4, -0.2) is 37.6 Å². The fourth-order valence-electron chi connectivity index (χ4n) is 2.44. The third-order valence-corrected chi connectivity index (χ3v) is 3.94.